The zero-order valence-corrected chi connectivity index (χ0v) is 10.5. The second-order valence-corrected chi connectivity index (χ2v) is 4.23. The van der Waals surface area contributed by atoms with E-state index in [0.29, 0.717) is 12.0 Å². The van der Waals surface area contributed by atoms with Crippen molar-refractivity contribution in [2.75, 3.05) is 6.61 Å². The molecule has 0 saturated heterocycles. The zero-order valence-electron chi connectivity index (χ0n) is 10.5. The Bertz CT molecular complexity index is 428. The highest BCUT2D eigenvalue weighted by molar-refractivity contribution is 5.78. The maximum absolute atomic E-state index is 12.5. The fourth-order valence-corrected chi connectivity index (χ4v) is 1.60. The third-order valence-electron chi connectivity index (χ3n) is 2.70. The van der Waals surface area contributed by atoms with Crippen LogP contribution in [-0.4, -0.2) is 23.7 Å². The first-order chi connectivity index (χ1) is 8.86. The molecule has 0 aromatic heterocycles. The number of hydrogen-bond donors (Lipinski definition) is 2. The fourth-order valence-electron chi connectivity index (χ4n) is 1.60. The zero-order chi connectivity index (χ0) is 14.5. The fraction of sp³-hybridized carbons (Fsp3) is 0.462. The number of nitrogens with one attached hydrogen (secondary N) is 1. The molecule has 1 rings (SSSR count). The van der Waals surface area contributed by atoms with Gasteiger partial charge in [0, 0.05) is 0 Å². The molecule has 0 aliphatic rings. The van der Waals surface area contributed by atoms with Gasteiger partial charge >= 0.3 is 6.18 Å². The topological polar surface area (TPSA) is 49.3 Å². The lowest BCUT2D eigenvalue weighted by Crippen LogP contribution is -2.37. The van der Waals surface area contributed by atoms with E-state index >= 15 is 0 Å². The predicted octanol–water partition coefficient (Wildman–Crippen LogP) is 2.13. The van der Waals surface area contributed by atoms with Crippen molar-refractivity contribution in [2.45, 2.75) is 32.0 Å². The molecule has 0 radical (unpaired) electrons. The second-order valence-electron chi connectivity index (χ2n) is 4.23. The van der Waals surface area contributed by atoms with Crippen LogP contribution in [0.15, 0.2) is 24.3 Å². The van der Waals surface area contributed by atoms with Gasteiger partial charge in [0.15, 0.2) is 0 Å². The number of rotatable bonds is 5. The summed E-state index contributed by atoms with van der Waals surface area (Å²) in [5.74, 6) is -0.403. The summed E-state index contributed by atoms with van der Waals surface area (Å²) in [5, 5.41) is 11.5. The molecule has 0 aliphatic heterocycles. The Kier molecular flexibility index (Phi) is 5.35. The van der Waals surface area contributed by atoms with Crippen LogP contribution in [0, 0.1) is 0 Å². The van der Waals surface area contributed by atoms with Crippen LogP contribution in [0.25, 0.3) is 0 Å². The molecule has 2 N–H and O–H groups in total. The van der Waals surface area contributed by atoms with E-state index in [4.69, 9.17) is 5.11 Å². The summed E-state index contributed by atoms with van der Waals surface area (Å²) in [6.45, 7) is 1.61. The molecule has 0 unspecified atom stereocenters. The van der Waals surface area contributed by atoms with Crippen LogP contribution in [-0.2, 0) is 17.4 Å². The smallest absolute Gasteiger partial charge is 0.394 e. The first-order valence-corrected chi connectivity index (χ1v) is 5.93. The number of aliphatic hydroxyl groups is 1. The molecule has 0 spiro atoms. The van der Waals surface area contributed by atoms with Gasteiger partial charge in [0.1, 0.15) is 0 Å². The third-order valence-corrected chi connectivity index (χ3v) is 2.70. The van der Waals surface area contributed by atoms with Crippen molar-refractivity contribution >= 4 is 5.91 Å². The van der Waals surface area contributed by atoms with Crippen molar-refractivity contribution in [3.05, 3.63) is 35.4 Å². The van der Waals surface area contributed by atoms with Crippen LogP contribution in [0.3, 0.4) is 0 Å². The van der Waals surface area contributed by atoms with Gasteiger partial charge in [-0.2, -0.15) is 13.2 Å². The van der Waals surface area contributed by atoms with E-state index in [-0.39, 0.29) is 19.1 Å². The maximum atomic E-state index is 12.5. The van der Waals surface area contributed by atoms with Gasteiger partial charge in [-0.15, -0.1) is 0 Å². The number of benzene rings is 1. The number of carbonyl (C=O) groups is 1. The Morgan fingerprint density at radius 2 is 2.11 bits per heavy atom. The van der Waals surface area contributed by atoms with Crippen LogP contribution in [0.5, 0.6) is 0 Å². The molecule has 0 heterocycles. The maximum Gasteiger partial charge on any atom is 0.416 e. The molecule has 1 atom stereocenters. The molecule has 1 aromatic rings. The Morgan fingerprint density at radius 3 is 2.63 bits per heavy atom. The third kappa shape index (κ3) is 4.90. The van der Waals surface area contributed by atoms with Crippen LogP contribution in [0.2, 0.25) is 0 Å². The minimum atomic E-state index is -4.41. The van der Waals surface area contributed by atoms with Gasteiger partial charge in [-0.3, -0.25) is 4.79 Å². The monoisotopic (exact) mass is 275 g/mol. The van der Waals surface area contributed by atoms with Crippen LogP contribution in [0.4, 0.5) is 13.2 Å². The van der Waals surface area contributed by atoms with Crippen LogP contribution < -0.4 is 5.32 Å². The lowest BCUT2D eigenvalue weighted by atomic mass is 10.1. The molecule has 1 aromatic carbocycles. The highest BCUT2D eigenvalue weighted by atomic mass is 19.4. The summed E-state index contributed by atoms with van der Waals surface area (Å²) >= 11 is 0. The Balaban J connectivity index is 2.70. The van der Waals surface area contributed by atoms with Crippen LogP contribution in [0.1, 0.15) is 24.5 Å². The number of halogens is 3. The summed E-state index contributed by atoms with van der Waals surface area (Å²) in [5.41, 5.74) is -0.480. The van der Waals surface area contributed by atoms with E-state index < -0.39 is 17.6 Å². The normalized spacial score (nSPS) is 13.1. The van der Waals surface area contributed by atoms with Crippen molar-refractivity contribution in [3.63, 3.8) is 0 Å². The van der Waals surface area contributed by atoms with Crippen molar-refractivity contribution < 1.29 is 23.1 Å². The van der Waals surface area contributed by atoms with Gasteiger partial charge in [0.05, 0.1) is 24.6 Å². The molecule has 106 valence electrons. The molecule has 3 nitrogen and oxygen atoms in total. The molecule has 0 saturated carbocycles. The number of amides is 1. The Labute approximate surface area is 109 Å². The molecular formula is C13H16F3NO2. The van der Waals surface area contributed by atoms with E-state index in [1.54, 1.807) is 6.92 Å². The molecular weight excluding hydrogens is 259 g/mol. The number of aliphatic hydroxyl groups excluding tert-OH is 1. The average Bonchev–Trinajstić information content (AvgIpc) is 2.35. The summed E-state index contributed by atoms with van der Waals surface area (Å²) in [6, 6.07) is 4.30. The summed E-state index contributed by atoms with van der Waals surface area (Å²) in [6.07, 6.45) is -3.99. The van der Waals surface area contributed by atoms with E-state index in [9.17, 15) is 18.0 Å². The summed E-state index contributed by atoms with van der Waals surface area (Å²) in [4.78, 5) is 11.6. The van der Waals surface area contributed by atoms with Gasteiger partial charge in [-0.1, -0.05) is 25.1 Å². The van der Waals surface area contributed by atoms with Crippen molar-refractivity contribution in [1.29, 1.82) is 0 Å². The number of carbonyl (C=O) groups excluding carboxylic acids is 1. The molecule has 6 heteroatoms. The van der Waals surface area contributed by atoms with E-state index in [1.165, 1.54) is 12.1 Å². The Morgan fingerprint density at radius 1 is 1.42 bits per heavy atom. The minimum absolute atomic E-state index is 0.138. The summed E-state index contributed by atoms with van der Waals surface area (Å²) in [7, 11) is 0. The molecule has 1 amide bonds. The first kappa shape index (κ1) is 15.5. The van der Waals surface area contributed by atoms with Crippen molar-refractivity contribution in [3.8, 4) is 0 Å². The highest BCUT2D eigenvalue weighted by Gasteiger charge is 2.30. The SMILES string of the molecule is CC[C@H](CO)NC(=O)Cc1cccc(C(F)(F)F)c1. The largest absolute Gasteiger partial charge is 0.416 e. The Hall–Kier alpha value is -1.56. The van der Waals surface area contributed by atoms with Gasteiger partial charge in [-0.25, -0.2) is 0 Å². The molecule has 0 bridgehead atoms. The van der Waals surface area contributed by atoms with Gasteiger partial charge in [0.2, 0.25) is 5.91 Å². The predicted molar refractivity (Wildman–Crippen MR) is 64.5 cm³/mol. The molecule has 0 fully saturated rings. The van der Waals surface area contributed by atoms with Crippen molar-refractivity contribution in [2.24, 2.45) is 0 Å². The van der Waals surface area contributed by atoms with E-state index in [0.717, 1.165) is 12.1 Å². The van der Waals surface area contributed by atoms with Gasteiger partial charge < -0.3 is 10.4 Å². The minimum Gasteiger partial charge on any atom is -0.394 e. The van der Waals surface area contributed by atoms with Gasteiger partial charge in [-0.05, 0) is 18.1 Å². The number of alkyl halides is 3. The number of hydrogen-bond acceptors (Lipinski definition) is 2. The highest BCUT2D eigenvalue weighted by Crippen LogP contribution is 2.29. The standard InChI is InChI=1S/C13H16F3NO2/c1-2-11(8-18)17-12(19)7-9-4-3-5-10(6-9)13(14,15)16/h3-6,11,18H,2,7-8H2,1H3,(H,17,19)/t11-/m1/s1. The lowest BCUT2D eigenvalue weighted by molar-refractivity contribution is -0.137. The average molecular weight is 275 g/mol. The molecule has 0 aliphatic carbocycles. The van der Waals surface area contributed by atoms with Gasteiger partial charge in [0.25, 0.3) is 0 Å². The quantitative estimate of drug-likeness (QED) is 0.865. The van der Waals surface area contributed by atoms with Crippen LogP contribution >= 0.6 is 0 Å². The lowest BCUT2D eigenvalue weighted by Gasteiger charge is -2.14. The van der Waals surface area contributed by atoms with E-state index in [1.807, 2.05) is 0 Å². The molecule has 19 heavy (non-hydrogen) atoms. The van der Waals surface area contributed by atoms with Crippen molar-refractivity contribution in [1.82, 2.24) is 5.32 Å². The summed E-state index contributed by atoms with van der Waals surface area (Å²) < 4.78 is 37.5. The van der Waals surface area contributed by atoms with E-state index in [2.05, 4.69) is 5.32 Å². The second kappa shape index (κ2) is 6.56. The first-order valence-electron chi connectivity index (χ1n) is 5.93.